The summed E-state index contributed by atoms with van der Waals surface area (Å²) in [7, 11) is 0. The van der Waals surface area contributed by atoms with Crippen molar-refractivity contribution in [3.63, 3.8) is 0 Å². The van der Waals surface area contributed by atoms with E-state index in [1.54, 1.807) is 0 Å². The van der Waals surface area contributed by atoms with Gasteiger partial charge in [0, 0.05) is 19.3 Å². The summed E-state index contributed by atoms with van der Waals surface area (Å²) in [4.78, 5) is 51.1. The van der Waals surface area contributed by atoms with Gasteiger partial charge in [-0.2, -0.15) is 0 Å². The molecule has 1 saturated heterocycles. The van der Waals surface area contributed by atoms with Crippen molar-refractivity contribution in [3.05, 3.63) is 182 Å². The van der Waals surface area contributed by atoms with Crippen LogP contribution in [-0.2, 0) is 42.9 Å². The monoisotopic (exact) mass is 1120 g/mol. The molecule has 1 aliphatic heterocycles. The minimum atomic E-state index is -1.95. The van der Waals surface area contributed by atoms with Gasteiger partial charge in [-0.3, -0.25) is 14.4 Å². The van der Waals surface area contributed by atoms with Crippen molar-refractivity contribution in [3.8, 4) is 0 Å². The second-order valence-electron chi connectivity index (χ2n) is 19.1. The number of aliphatic hydroxyl groups is 2. The third-order valence-corrected chi connectivity index (χ3v) is 12.0. The highest BCUT2D eigenvalue weighted by Gasteiger charge is 2.50. The van der Waals surface area contributed by atoms with Crippen LogP contribution in [0.25, 0.3) is 0 Å². The van der Waals surface area contributed by atoms with Crippen LogP contribution in [0, 0.1) is 0 Å². The lowest BCUT2D eigenvalue weighted by Gasteiger charge is -2.40. The number of esters is 3. The van der Waals surface area contributed by atoms with Crippen molar-refractivity contribution in [2.45, 2.75) is 212 Å². The van der Waals surface area contributed by atoms with Crippen LogP contribution >= 0.6 is 0 Å². The molecular formula is C69H100O12. The molecule has 6 atom stereocenters. The van der Waals surface area contributed by atoms with E-state index in [1.807, 2.05) is 30.4 Å². The number of carboxylic acids is 1. The van der Waals surface area contributed by atoms with Gasteiger partial charge in [-0.15, -0.1) is 0 Å². The summed E-state index contributed by atoms with van der Waals surface area (Å²) < 4.78 is 28.2. The smallest absolute Gasteiger partial charge is 0.335 e. The molecule has 0 aromatic rings. The third-order valence-electron chi connectivity index (χ3n) is 12.0. The number of unbranched alkanes of at least 4 members (excludes halogenated alkanes) is 3. The van der Waals surface area contributed by atoms with Gasteiger partial charge in [0.05, 0.1) is 6.61 Å². The highest BCUT2D eigenvalue weighted by atomic mass is 16.7. The molecule has 0 aromatic heterocycles. The number of aliphatic carboxylic acids is 1. The van der Waals surface area contributed by atoms with E-state index in [-0.39, 0.29) is 19.3 Å². The predicted molar refractivity (Wildman–Crippen MR) is 330 cm³/mol. The van der Waals surface area contributed by atoms with Gasteiger partial charge in [-0.05, 0) is 128 Å². The van der Waals surface area contributed by atoms with Crippen molar-refractivity contribution in [2.24, 2.45) is 0 Å². The first-order chi connectivity index (χ1) is 39.6. The van der Waals surface area contributed by atoms with E-state index in [2.05, 4.69) is 173 Å². The third kappa shape index (κ3) is 44.2. The molecule has 0 aromatic carbocycles. The maximum atomic E-state index is 13.1. The minimum absolute atomic E-state index is 0.00586. The first-order valence-corrected chi connectivity index (χ1v) is 29.8. The summed E-state index contributed by atoms with van der Waals surface area (Å²) in [5.41, 5.74) is 0. The molecule has 448 valence electrons. The fourth-order valence-electron chi connectivity index (χ4n) is 7.55. The average Bonchev–Trinajstić information content (AvgIpc) is 3.45. The zero-order valence-electron chi connectivity index (χ0n) is 49.2. The molecule has 81 heavy (non-hydrogen) atoms. The molecule has 1 heterocycles. The van der Waals surface area contributed by atoms with Crippen LogP contribution in [0.3, 0.4) is 0 Å². The van der Waals surface area contributed by atoms with E-state index in [0.29, 0.717) is 32.1 Å². The Kier molecular flexibility index (Phi) is 48.9. The van der Waals surface area contributed by atoms with Crippen molar-refractivity contribution >= 4 is 23.9 Å². The second kappa shape index (κ2) is 54.4. The number of carbonyl (C=O) groups excluding carboxylic acids is 3. The maximum absolute atomic E-state index is 13.1. The summed E-state index contributed by atoms with van der Waals surface area (Å²) in [5, 5.41) is 31.5. The molecule has 0 bridgehead atoms. The summed E-state index contributed by atoms with van der Waals surface area (Å²) in [6.07, 6.45) is 70.3. The fourth-order valence-corrected chi connectivity index (χ4v) is 7.55. The fraction of sp³-hybridized carbons (Fsp3) is 0.507. The van der Waals surface area contributed by atoms with Gasteiger partial charge >= 0.3 is 23.9 Å². The first-order valence-electron chi connectivity index (χ1n) is 29.8. The Bertz CT molecular complexity index is 2110. The lowest BCUT2D eigenvalue weighted by Crippen LogP contribution is -2.61. The maximum Gasteiger partial charge on any atom is 0.335 e. The molecule has 0 saturated carbocycles. The molecule has 3 N–H and O–H groups in total. The molecule has 1 rings (SSSR count). The van der Waals surface area contributed by atoms with Gasteiger partial charge in [-0.25, -0.2) is 4.79 Å². The number of ether oxygens (including phenoxy) is 5. The number of hydrogen-bond donors (Lipinski definition) is 3. The molecule has 1 fully saturated rings. The number of rotatable bonds is 47. The molecule has 1 aliphatic rings. The summed E-state index contributed by atoms with van der Waals surface area (Å²) in [6.45, 7) is 5.48. The number of aliphatic hydroxyl groups excluding tert-OH is 2. The second-order valence-corrected chi connectivity index (χ2v) is 19.1. The quantitative estimate of drug-likeness (QED) is 0.0228. The Balaban J connectivity index is 2.79. The average molecular weight is 1120 g/mol. The number of carbonyl (C=O) groups is 4. The summed E-state index contributed by atoms with van der Waals surface area (Å²) >= 11 is 0. The lowest BCUT2D eigenvalue weighted by atomic mass is 9.98. The molecule has 12 heteroatoms. The van der Waals surface area contributed by atoms with E-state index in [1.165, 1.54) is 0 Å². The minimum Gasteiger partial charge on any atom is -0.479 e. The molecule has 0 spiro atoms. The molecule has 6 unspecified atom stereocenters. The van der Waals surface area contributed by atoms with Crippen molar-refractivity contribution in [2.75, 3.05) is 13.2 Å². The highest BCUT2D eigenvalue weighted by Crippen LogP contribution is 2.26. The van der Waals surface area contributed by atoms with Crippen LogP contribution in [0.5, 0.6) is 0 Å². The Morgan fingerprint density at radius 3 is 1.15 bits per heavy atom. The first kappa shape index (κ1) is 72.8. The zero-order chi connectivity index (χ0) is 58.9. The van der Waals surface area contributed by atoms with Crippen molar-refractivity contribution in [1.29, 1.82) is 0 Å². The number of carboxylic acid groups (broad SMARTS) is 1. The Labute approximate surface area is 487 Å². The van der Waals surface area contributed by atoms with Gasteiger partial charge < -0.3 is 39.0 Å². The van der Waals surface area contributed by atoms with Crippen LogP contribution < -0.4 is 0 Å². The zero-order valence-corrected chi connectivity index (χ0v) is 49.2. The molecular weight excluding hydrogens is 1020 g/mol. The van der Waals surface area contributed by atoms with Crippen LogP contribution in [0.15, 0.2) is 182 Å². The van der Waals surface area contributed by atoms with Crippen LogP contribution in [-0.4, -0.2) is 89.2 Å². The van der Waals surface area contributed by atoms with Gasteiger partial charge in [0.15, 0.2) is 24.6 Å². The van der Waals surface area contributed by atoms with E-state index < -0.39 is 73.9 Å². The summed E-state index contributed by atoms with van der Waals surface area (Å²) in [5.74, 6) is -3.43. The van der Waals surface area contributed by atoms with Gasteiger partial charge in [0.2, 0.25) is 0 Å². The Hall–Kier alpha value is -6.18. The van der Waals surface area contributed by atoms with E-state index in [9.17, 15) is 34.5 Å². The standard InChI is InChI=1S/C69H100O12/c1-4-7-10-13-16-19-22-25-27-29-31-33-35-38-40-43-46-49-52-55-61(70)77-58-60(79-62(71)56-53-50-47-44-41-37-24-21-18-15-12-9-6-3)59-78-69-67(65(74)64(73)66(81-69)68(75)76)80-63(72)57-54-51-48-45-42-39-36-34-32-30-28-26-23-20-17-14-11-8-5-2/h7-12,16-21,25-28,31-34,37-42,46-47,49-50,60,64-67,69,73-74H,4-6,13-15,22-24,29-30,35-36,43-45,48,51-59H2,1-3H3,(H,75,76)/b10-7-,11-8-,12-9-,19-16-,20-17-,21-18-,27-25-,28-26-,33-31-,34-32-,40-38-,41-37-,42-39-,49-46-,50-47-. The predicted octanol–water partition coefficient (Wildman–Crippen LogP) is 15.7. The largest absolute Gasteiger partial charge is 0.479 e. The van der Waals surface area contributed by atoms with Gasteiger partial charge in [-0.1, -0.05) is 209 Å². The van der Waals surface area contributed by atoms with Gasteiger partial charge in [0.25, 0.3) is 0 Å². The van der Waals surface area contributed by atoms with Crippen molar-refractivity contribution in [1.82, 2.24) is 0 Å². The topological polar surface area (TPSA) is 175 Å². The Morgan fingerprint density at radius 2 is 0.765 bits per heavy atom. The highest BCUT2D eigenvalue weighted by molar-refractivity contribution is 5.74. The Morgan fingerprint density at radius 1 is 0.407 bits per heavy atom. The van der Waals surface area contributed by atoms with E-state index >= 15 is 0 Å². The summed E-state index contributed by atoms with van der Waals surface area (Å²) in [6, 6.07) is 0. The van der Waals surface area contributed by atoms with Gasteiger partial charge in [0.1, 0.15) is 18.8 Å². The molecule has 12 nitrogen and oxygen atoms in total. The SMILES string of the molecule is CC/C=C\C/C=C\C/C=C\C/C=C\C/C=C\C/C=C\CCC(=O)OCC(COC1OC(C(=O)O)C(O)C(O)C1OC(=O)CCCCC/C=C\C/C=C\C/C=C\C/C=C\C/C=C\CC)OC(=O)CC/C=C\C/C=C\C/C=C\C/C=C\CC. The lowest BCUT2D eigenvalue weighted by molar-refractivity contribution is -0.301. The van der Waals surface area contributed by atoms with Crippen molar-refractivity contribution < 1.29 is 58.2 Å². The van der Waals surface area contributed by atoms with E-state index in [0.717, 1.165) is 103 Å². The number of allylic oxidation sites excluding steroid dienone is 30. The van der Waals surface area contributed by atoms with Crippen LogP contribution in [0.1, 0.15) is 175 Å². The van der Waals surface area contributed by atoms with Crippen LogP contribution in [0.4, 0.5) is 0 Å². The molecule has 0 radical (unpaired) electrons. The molecule has 0 amide bonds. The molecule has 0 aliphatic carbocycles. The van der Waals surface area contributed by atoms with Crippen LogP contribution in [0.2, 0.25) is 0 Å². The number of hydrogen-bond acceptors (Lipinski definition) is 11. The van der Waals surface area contributed by atoms with E-state index in [4.69, 9.17) is 23.7 Å². The normalized spacial score (nSPS) is 19.0.